The van der Waals surface area contributed by atoms with E-state index in [1.807, 2.05) is 0 Å². The highest BCUT2D eigenvalue weighted by atomic mass is 32.2. The number of carbonyl (C=O) groups is 1. The first kappa shape index (κ1) is 18.2. The second kappa shape index (κ2) is 6.97. The quantitative estimate of drug-likeness (QED) is 0.794. The minimum Gasteiger partial charge on any atom is -0.444 e. The number of ether oxygens (including phenoxy) is 1. The average Bonchev–Trinajstić information content (AvgIpc) is 2.32. The molecular weight excluding hydrogens is 310 g/mol. The minimum atomic E-state index is -3.71. The van der Waals surface area contributed by atoms with Crippen LogP contribution in [0, 0.1) is 0 Å². The van der Waals surface area contributed by atoms with Crippen molar-refractivity contribution in [2.24, 2.45) is 0 Å². The van der Waals surface area contributed by atoms with Gasteiger partial charge in [-0.25, -0.2) is 4.79 Å². The lowest BCUT2D eigenvalue weighted by molar-refractivity contribution is 0.0491. The van der Waals surface area contributed by atoms with Gasteiger partial charge >= 0.3 is 16.2 Å². The molecule has 0 aliphatic heterocycles. The molecule has 124 valence electrons. The van der Waals surface area contributed by atoms with Crippen LogP contribution in [0.15, 0.2) is 24.3 Å². The van der Waals surface area contributed by atoms with Gasteiger partial charge in [0.2, 0.25) is 0 Å². The first-order valence-corrected chi connectivity index (χ1v) is 8.43. The van der Waals surface area contributed by atoms with Crippen LogP contribution >= 0.6 is 0 Å². The lowest BCUT2D eigenvalue weighted by atomic mass is 10.1. The number of hydrogen-bond acceptors (Lipinski definition) is 6. The van der Waals surface area contributed by atoms with E-state index in [1.54, 1.807) is 32.9 Å². The standard InChI is InChI=1S/C14H21NO6S/c1-14(2,3)20-13(17)15-9-11(16)10-7-5-6-8-12(10)21-22(4,18)19/h5-8,11,16H,9H2,1-4H3,(H,15,17). The third-order valence-electron chi connectivity index (χ3n) is 2.36. The first-order chi connectivity index (χ1) is 9.98. The smallest absolute Gasteiger partial charge is 0.407 e. The zero-order valence-electron chi connectivity index (χ0n) is 13.0. The van der Waals surface area contributed by atoms with E-state index in [2.05, 4.69) is 5.32 Å². The van der Waals surface area contributed by atoms with Gasteiger partial charge in [-0.3, -0.25) is 0 Å². The maximum absolute atomic E-state index is 11.5. The summed E-state index contributed by atoms with van der Waals surface area (Å²) in [6.07, 6.45) is -0.895. The molecule has 1 aromatic carbocycles. The molecule has 0 heterocycles. The summed E-state index contributed by atoms with van der Waals surface area (Å²) >= 11 is 0. The fourth-order valence-electron chi connectivity index (χ4n) is 1.60. The van der Waals surface area contributed by atoms with E-state index in [9.17, 15) is 18.3 Å². The lowest BCUT2D eigenvalue weighted by Crippen LogP contribution is -2.34. The third kappa shape index (κ3) is 6.77. The average molecular weight is 331 g/mol. The fraction of sp³-hybridized carbons (Fsp3) is 0.500. The number of nitrogens with one attached hydrogen (secondary N) is 1. The first-order valence-electron chi connectivity index (χ1n) is 6.61. The summed E-state index contributed by atoms with van der Waals surface area (Å²) < 4.78 is 32.3. The topological polar surface area (TPSA) is 102 Å². The molecule has 1 aromatic rings. The van der Waals surface area contributed by atoms with Gasteiger partial charge < -0.3 is 19.3 Å². The molecular formula is C14H21NO6S. The maximum Gasteiger partial charge on any atom is 0.407 e. The molecule has 1 amide bonds. The van der Waals surface area contributed by atoms with Gasteiger partial charge in [-0.15, -0.1) is 0 Å². The van der Waals surface area contributed by atoms with Crippen molar-refractivity contribution in [3.63, 3.8) is 0 Å². The Labute approximate surface area is 130 Å². The molecule has 0 fully saturated rings. The van der Waals surface area contributed by atoms with Crippen molar-refractivity contribution in [1.82, 2.24) is 5.32 Å². The van der Waals surface area contributed by atoms with Crippen LogP contribution in [0.4, 0.5) is 4.79 Å². The molecule has 0 spiro atoms. The van der Waals surface area contributed by atoms with E-state index >= 15 is 0 Å². The summed E-state index contributed by atoms with van der Waals surface area (Å²) in [5, 5.41) is 12.5. The predicted molar refractivity (Wildman–Crippen MR) is 81.1 cm³/mol. The summed E-state index contributed by atoms with van der Waals surface area (Å²) in [5.41, 5.74) is -0.393. The summed E-state index contributed by atoms with van der Waals surface area (Å²) in [4.78, 5) is 11.5. The number of amides is 1. The normalized spacial score (nSPS) is 13.3. The van der Waals surface area contributed by atoms with E-state index in [1.165, 1.54) is 12.1 Å². The van der Waals surface area contributed by atoms with Crippen LogP contribution in [0.5, 0.6) is 5.75 Å². The Morgan fingerprint density at radius 2 is 1.91 bits per heavy atom. The molecule has 0 aromatic heterocycles. The van der Waals surface area contributed by atoms with Crippen molar-refractivity contribution in [3.05, 3.63) is 29.8 Å². The Balaban J connectivity index is 2.74. The lowest BCUT2D eigenvalue weighted by Gasteiger charge is -2.21. The molecule has 0 aliphatic carbocycles. The van der Waals surface area contributed by atoms with E-state index in [4.69, 9.17) is 8.92 Å². The van der Waals surface area contributed by atoms with Crippen molar-refractivity contribution in [2.75, 3.05) is 12.8 Å². The van der Waals surface area contributed by atoms with Gasteiger partial charge in [0.25, 0.3) is 0 Å². The van der Waals surface area contributed by atoms with Crippen LogP contribution < -0.4 is 9.50 Å². The Morgan fingerprint density at radius 3 is 2.45 bits per heavy atom. The SMILES string of the molecule is CC(C)(C)OC(=O)NCC(O)c1ccccc1OS(C)(=O)=O. The van der Waals surface area contributed by atoms with E-state index in [-0.39, 0.29) is 17.9 Å². The number of alkyl carbamates (subject to hydrolysis) is 1. The molecule has 0 bridgehead atoms. The molecule has 22 heavy (non-hydrogen) atoms. The second-order valence-electron chi connectivity index (χ2n) is 5.72. The van der Waals surface area contributed by atoms with Gasteiger partial charge in [-0.05, 0) is 26.8 Å². The van der Waals surface area contributed by atoms with Gasteiger partial charge in [0.05, 0.1) is 12.8 Å². The highest BCUT2D eigenvalue weighted by Gasteiger charge is 2.19. The van der Waals surface area contributed by atoms with Crippen LogP contribution in [-0.2, 0) is 14.9 Å². The van der Waals surface area contributed by atoms with Crippen molar-refractivity contribution in [1.29, 1.82) is 0 Å². The zero-order valence-corrected chi connectivity index (χ0v) is 13.8. The van der Waals surface area contributed by atoms with E-state index in [0.717, 1.165) is 6.26 Å². The molecule has 1 rings (SSSR count). The van der Waals surface area contributed by atoms with E-state index in [0.29, 0.717) is 0 Å². The maximum atomic E-state index is 11.5. The summed E-state index contributed by atoms with van der Waals surface area (Å²) in [5.74, 6) is 0.0171. The van der Waals surface area contributed by atoms with Gasteiger partial charge in [0, 0.05) is 5.56 Å². The molecule has 8 heteroatoms. The largest absolute Gasteiger partial charge is 0.444 e. The van der Waals surface area contributed by atoms with Crippen LogP contribution in [0.1, 0.15) is 32.4 Å². The van der Waals surface area contributed by atoms with Gasteiger partial charge in [-0.1, -0.05) is 18.2 Å². The van der Waals surface area contributed by atoms with Crippen LogP contribution in [0.3, 0.4) is 0 Å². The molecule has 2 N–H and O–H groups in total. The van der Waals surface area contributed by atoms with Crippen LogP contribution in [-0.4, -0.2) is 38.0 Å². The van der Waals surface area contributed by atoms with Crippen LogP contribution in [0.2, 0.25) is 0 Å². The number of benzene rings is 1. The Kier molecular flexibility index (Phi) is 5.78. The van der Waals surface area contributed by atoms with Gasteiger partial charge in [0.15, 0.2) is 0 Å². The molecule has 0 radical (unpaired) electrons. The third-order valence-corrected chi connectivity index (χ3v) is 2.84. The zero-order chi connectivity index (χ0) is 17.0. The highest BCUT2D eigenvalue weighted by molar-refractivity contribution is 7.86. The summed E-state index contributed by atoms with van der Waals surface area (Å²) in [6.45, 7) is 5.02. The van der Waals surface area contributed by atoms with Crippen molar-refractivity contribution < 1.29 is 27.2 Å². The number of carbonyl (C=O) groups excluding carboxylic acids is 1. The number of aliphatic hydroxyl groups is 1. The van der Waals surface area contributed by atoms with Gasteiger partial charge in [0.1, 0.15) is 17.5 Å². The molecule has 0 saturated carbocycles. The minimum absolute atomic E-state index is 0.0171. The molecule has 1 atom stereocenters. The number of rotatable bonds is 5. The molecule has 1 unspecified atom stereocenters. The Hall–Kier alpha value is -1.80. The monoisotopic (exact) mass is 331 g/mol. The number of para-hydroxylation sites is 1. The van der Waals surface area contributed by atoms with E-state index < -0.39 is 27.9 Å². The van der Waals surface area contributed by atoms with Gasteiger partial charge in [-0.2, -0.15) is 8.42 Å². The fourth-order valence-corrected chi connectivity index (χ4v) is 2.08. The van der Waals surface area contributed by atoms with Crippen molar-refractivity contribution in [2.45, 2.75) is 32.5 Å². The summed E-state index contributed by atoms with van der Waals surface area (Å²) in [7, 11) is -3.71. The number of hydrogen-bond donors (Lipinski definition) is 2. The molecule has 0 aliphatic rings. The molecule has 7 nitrogen and oxygen atoms in total. The highest BCUT2D eigenvalue weighted by Crippen LogP contribution is 2.25. The molecule has 0 saturated heterocycles. The Morgan fingerprint density at radius 1 is 1.32 bits per heavy atom. The second-order valence-corrected chi connectivity index (χ2v) is 7.30. The van der Waals surface area contributed by atoms with Crippen LogP contribution in [0.25, 0.3) is 0 Å². The number of aliphatic hydroxyl groups excluding tert-OH is 1. The van der Waals surface area contributed by atoms with Crippen molar-refractivity contribution >= 4 is 16.2 Å². The Bertz CT molecular complexity index is 620. The summed E-state index contributed by atoms with van der Waals surface area (Å²) in [6, 6.07) is 6.15. The van der Waals surface area contributed by atoms with Crippen molar-refractivity contribution in [3.8, 4) is 5.75 Å². The predicted octanol–water partition coefficient (Wildman–Crippen LogP) is 1.58.